The Morgan fingerprint density at radius 2 is 1.85 bits per heavy atom. The van der Waals surface area contributed by atoms with Gasteiger partial charge >= 0.3 is 0 Å². The van der Waals surface area contributed by atoms with Gasteiger partial charge in [-0.05, 0) is 31.7 Å². The van der Waals surface area contributed by atoms with E-state index in [0.717, 1.165) is 59.8 Å². The average Bonchev–Trinajstić information content (AvgIpc) is 3.46. The molecule has 1 saturated heterocycles. The number of aromatic nitrogens is 7. The van der Waals surface area contributed by atoms with Crippen LogP contribution in [0.25, 0.3) is 27.9 Å². The topological polar surface area (TPSA) is 94.2 Å². The SMILES string of the molecule is Cc1cnc2ccc(-c3c[nH]c4nc(NCc5cc[n+](N6CCN(C)CC6)cc5)ncc34)nn12. The largest absolute Gasteiger partial charge is 0.350 e. The molecular formula is C24H27N10+. The maximum atomic E-state index is 4.73. The molecule has 6 heterocycles. The minimum Gasteiger partial charge on any atom is -0.350 e. The Kier molecular flexibility index (Phi) is 5.06. The van der Waals surface area contributed by atoms with Gasteiger partial charge in [0.2, 0.25) is 5.95 Å². The summed E-state index contributed by atoms with van der Waals surface area (Å²) in [6.07, 6.45) is 9.83. The zero-order valence-electron chi connectivity index (χ0n) is 19.3. The fraction of sp³-hybridized carbons (Fsp3) is 0.292. The maximum Gasteiger partial charge on any atom is 0.224 e. The second-order valence-electron chi connectivity index (χ2n) is 8.74. The first kappa shape index (κ1) is 20.5. The van der Waals surface area contributed by atoms with Gasteiger partial charge in [0, 0.05) is 55.1 Å². The van der Waals surface area contributed by atoms with E-state index >= 15 is 0 Å². The first-order valence-corrected chi connectivity index (χ1v) is 11.5. The number of H-pyrrole nitrogens is 1. The highest BCUT2D eigenvalue weighted by atomic mass is 15.6. The number of nitrogens with one attached hydrogen (secondary N) is 2. The van der Waals surface area contributed by atoms with Crippen LogP contribution in [0.1, 0.15) is 11.3 Å². The normalized spacial score (nSPS) is 14.8. The molecule has 34 heavy (non-hydrogen) atoms. The molecule has 5 aromatic heterocycles. The summed E-state index contributed by atoms with van der Waals surface area (Å²) in [6.45, 7) is 6.90. The van der Waals surface area contributed by atoms with Crippen molar-refractivity contribution in [2.45, 2.75) is 13.5 Å². The van der Waals surface area contributed by atoms with Crippen LogP contribution in [-0.4, -0.2) is 67.7 Å². The van der Waals surface area contributed by atoms with Crippen LogP contribution in [0.4, 0.5) is 5.95 Å². The minimum atomic E-state index is 0.588. The minimum absolute atomic E-state index is 0.588. The molecule has 10 heteroatoms. The highest BCUT2D eigenvalue weighted by molar-refractivity contribution is 5.92. The number of aryl methyl sites for hydroxylation is 1. The first-order valence-electron chi connectivity index (χ1n) is 11.5. The molecule has 0 amide bonds. The molecule has 0 atom stereocenters. The molecule has 2 N–H and O–H groups in total. The maximum absolute atomic E-state index is 4.73. The summed E-state index contributed by atoms with van der Waals surface area (Å²) < 4.78 is 4.02. The van der Waals surface area contributed by atoms with Crippen molar-refractivity contribution in [3.63, 3.8) is 0 Å². The molecule has 0 aliphatic carbocycles. The van der Waals surface area contributed by atoms with Crippen molar-refractivity contribution in [1.29, 1.82) is 0 Å². The lowest BCUT2D eigenvalue weighted by Crippen LogP contribution is -2.63. The van der Waals surface area contributed by atoms with Crippen LogP contribution in [0.2, 0.25) is 0 Å². The molecule has 5 aromatic rings. The van der Waals surface area contributed by atoms with E-state index < -0.39 is 0 Å². The van der Waals surface area contributed by atoms with Gasteiger partial charge in [-0.15, -0.1) is 0 Å². The van der Waals surface area contributed by atoms with Gasteiger partial charge in [0.15, 0.2) is 18.0 Å². The van der Waals surface area contributed by atoms with Crippen molar-refractivity contribution >= 4 is 22.6 Å². The quantitative estimate of drug-likeness (QED) is 0.390. The van der Waals surface area contributed by atoms with E-state index in [9.17, 15) is 0 Å². The van der Waals surface area contributed by atoms with Crippen molar-refractivity contribution < 1.29 is 4.68 Å². The van der Waals surface area contributed by atoms with E-state index in [1.165, 1.54) is 5.56 Å². The molecule has 0 saturated carbocycles. The van der Waals surface area contributed by atoms with Crippen LogP contribution in [-0.2, 0) is 6.54 Å². The third-order valence-electron chi connectivity index (χ3n) is 6.38. The van der Waals surface area contributed by atoms with Crippen molar-refractivity contribution in [1.82, 2.24) is 34.4 Å². The first-order chi connectivity index (χ1) is 16.6. The summed E-state index contributed by atoms with van der Waals surface area (Å²) >= 11 is 0. The van der Waals surface area contributed by atoms with E-state index in [0.29, 0.717) is 12.5 Å². The molecule has 0 spiro atoms. The molecule has 0 aromatic carbocycles. The molecule has 6 rings (SSSR count). The number of nitrogens with zero attached hydrogens (tertiary/aromatic N) is 8. The predicted octanol–water partition coefficient (Wildman–Crippen LogP) is 1.76. The highest BCUT2D eigenvalue weighted by Gasteiger charge is 2.19. The van der Waals surface area contributed by atoms with Crippen LogP contribution in [0, 0.1) is 6.92 Å². The van der Waals surface area contributed by atoms with E-state index in [2.05, 4.69) is 71.4 Å². The number of aromatic amines is 1. The van der Waals surface area contributed by atoms with Crippen LogP contribution in [0.5, 0.6) is 0 Å². The van der Waals surface area contributed by atoms with Crippen LogP contribution < -0.4 is 15.0 Å². The lowest BCUT2D eigenvalue weighted by molar-refractivity contribution is -0.694. The Morgan fingerprint density at radius 3 is 2.68 bits per heavy atom. The molecule has 0 radical (unpaired) electrons. The number of hydrogen-bond donors (Lipinski definition) is 2. The fourth-order valence-corrected chi connectivity index (χ4v) is 4.30. The van der Waals surface area contributed by atoms with E-state index in [1.54, 1.807) is 0 Å². The summed E-state index contributed by atoms with van der Waals surface area (Å²) in [5.74, 6) is 0.588. The molecule has 1 aliphatic heterocycles. The number of piperazine rings is 1. The summed E-state index contributed by atoms with van der Waals surface area (Å²) in [4.78, 5) is 19.2. The number of rotatable bonds is 5. The lowest BCUT2D eigenvalue weighted by atomic mass is 10.2. The van der Waals surface area contributed by atoms with Gasteiger partial charge in [0.05, 0.1) is 30.7 Å². The molecular weight excluding hydrogens is 428 g/mol. The third-order valence-corrected chi connectivity index (χ3v) is 6.38. The Balaban J connectivity index is 1.16. The zero-order chi connectivity index (χ0) is 23.1. The molecule has 0 unspecified atom stereocenters. The van der Waals surface area contributed by atoms with Crippen LogP contribution in [0.3, 0.4) is 0 Å². The summed E-state index contributed by atoms with van der Waals surface area (Å²) in [6, 6.07) is 8.21. The molecule has 172 valence electrons. The Bertz CT molecular complexity index is 1440. The van der Waals surface area contributed by atoms with Crippen molar-refractivity contribution in [2.75, 3.05) is 43.6 Å². The number of likely N-dealkylation sites (N-methyl/N-ethyl adjacent to an activating group) is 1. The Hall–Kier alpha value is -4.05. The molecule has 10 nitrogen and oxygen atoms in total. The number of imidazole rings is 1. The Labute approximate surface area is 196 Å². The molecule has 1 aliphatic rings. The number of pyridine rings is 1. The summed E-state index contributed by atoms with van der Waals surface area (Å²) in [5.41, 5.74) is 5.59. The van der Waals surface area contributed by atoms with Crippen LogP contribution >= 0.6 is 0 Å². The van der Waals surface area contributed by atoms with Gasteiger partial charge in [0.25, 0.3) is 0 Å². The van der Waals surface area contributed by atoms with Gasteiger partial charge < -0.3 is 15.2 Å². The average molecular weight is 456 g/mol. The van der Waals surface area contributed by atoms with Crippen molar-refractivity contribution in [2.24, 2.45) is 0 Å². The second kappa shape index (κ2) is 8.38. The van der Waals surface area contributed by atoms with Crippen molar-refractivity contribution in [3.05, 3.63) is 66.5 Å². The fourth-order valence-electron chi connectivity index (χ4n) is 4.30. The summed E-state index contributed by atoms with van der Waals surface area (Å²) in [7, 11) is 2.17. The highest BCUT2D eigenvalue weighted by Crippen LogP contribution is 2.26. The number of fused-ring (bicyclic) bond motifs is 2. The van der Waals surface area contributed by atoms with Gasteiger partial charge in [-0.1, -0.05) is 4.68 Å². The van der Waals surface area contributed by atoms with Crippen LogP contribution in [0.15, 0.2) is 55.2 Å². The third kappa shape index (κ3) is 3.81. The molecule has 0 bridgehead atoms. The summed E-state index contributed by atoms with van der Waals surface area (Å²) in [5, 5.41) is 11.4. The van der Waals surface area contributed by atoms with Gasteiger partial charge in [-0.3, -0.25) is 0 Å². The van der Waals surface area contributed by atoms with Crippen molar-refractivity contribution in [3.8, 4) is 11.3 Å². The van der Waals surface area contributed by atoms with Gasteiger partial charge in [0.1, 0.15) is 5.65 Å². The smallest absolute Gasteiger partial charge is 0.224 e. The van der Waals surface area contributed by atoms with E-state index in [4.69, 9.17) is 5.10 Å². The zero-order valence-corrected chi connectivity index (χ0v) is 19.3. The van der Waals surface area contributed by atoms with E-state index in [1.807, 2.05) is 42.2 Å². The second-order valence-corrected chi connectivity index (χ2v) is 8.74. The number of anilines is 1. The van der Waals surface area contributed by atoms with Gasteiger partial charge in [-0.2, -0.15) is 15.1 Å². The lowest BCUT2D eigenvalue weighted by Gasteiger charge is -2.28. The number of hydrogen-bond acceptors (Lipinski definition) is 7. The standard InChI is InChI=1S/C24H27N10/c1-17-13-25-22-4-3-21(30-34(17)22)19-15-26-23-20(19)16-28-24(29-23)27-14-18-5-7-32(8-6-18)33-11-9-31(2)10-12-33/h3-8,13,15-16H,9-12,14H2,1-2H3,(H2,26,27,28,29)/q+1. The predicted molar refractivity (Wildman–Crippen MR) is 130 cm³/mol. The van der Waals surface area contributed by atoms with Gasteiger partial charge in [-0.25, -0.2) is 14.5 Å². The van der Waals surface area contributed by atoms with E-state index in [-0.39, 0.29) is 0 Å². The Morgan fingerprint density at radius 1 is 1.03 bits per heavy atom. The monoisotopic (exact) mass is 455 g/mol. The molecule has 1 fully saturated rings.